The molecule has 0 spiro atoms. The highest BCUT2D eigenvalue weighted by Crippen LogP contribution is 2.31. The molecule has 0 fully saturated rings. The van der Waals surface area contributed by atoms with E-state index in [4.69, 9.17) is 29.3 Å². The molecule has 0 atom stereocenters. The van der Waals surface area contributed by atoms with Crippen molar-refractivity contribution >= 4 is 11.9 Å². The minimum absolute atomic E-state index is 0.800. The van der Waals surface area contributed by atoms with Gasteiger partial charge in [0.2, 0.25) is 0 Å². The zero-order valence-electron chi connectivity index (χ0n) is 14.0. The van der Waals surface area contributed by atoms with Gasteiger partial charge < -0.3 is 24.6 Å². The number of carbonyl (C=O) groups is 2. The summed E-state index contributed by atoms with van der Waals surface area (Å²) in [6.45, 7) is 4.21. The Morgan fingerprint density at radius 3 is 2.17 bits per heavy atom. The second-order valence-corrected chi connectivity index (χ2v) is 4.85. The second-order valence-electron chi connectivity index (χ2n) is 4.85. The number of methoxy groups -OCH3 is 2. The van der Waals surface area contributed by atoms with Crippen LogP contribution in [-0.2, 0) is 16.1 Å². The number of rotatable bonds is 7. The quantitative estimate of drug-likeness (QED) is 0.740. The van der Waals surface area contributed by atoms with Crippen LogP contribution in [0.1, 0.15) is 25.3 Å². The minimum atomic E-state index is -1.82. The number of hydrogen-bond donors (Lipinski definition) is 2. The first-order valence-electron chi connectivity index (χ1n) is 7.21. The molecule has 0 aromatic heterocycles. The number of carboxylic acid groups (broad SMARTS) is 2. The smallest absolute Gasteiger partial charge is 0.414 e. The van der Waals surface area contributed by atoms with Gasteiger partial charge in [-0.1, -0.05) is 25.5 Å². The first-order chi connectivity index (χ1) is 10.9. The van der Waals surface area contributed by atoms with E-state index < -0.39 is 11.9 Å². The number of para-hydroxylation sites is 1. The van der Waals surface area contributed by atoms with Crippen LogP contribution in [0.15, 0.2) is 18.2 Å². The number of ether oxygens (including phenoxy) is 2. The van der Waals surface area contributed by atoms with Crippen molar-refractivity contribution in [3.8, 4) is 11.5 Å². The van der Waals surface area contributed by atoms with Crippen molar-refractivity contribution < 1.29 is 29.3 Å². The largest absolute Gasteiger partial charge is 0.493 e. The van der Waals surface area contributed by atoms with Gasteiger partial charge in [0, 0.05) is 12.1 Å². The first kappa shape index (κ1) is 20.7. The Morgan fingerprint density at radius 1 is 1.13 bits per heavy atom. The number of unbranched alkanes of at least 4 members (excludes halogenated alkanes) is 1. The zero-order valence-corrected chi connectivity index (χ0v) is 14.0. The Morgan fingerprint density at radius 2 is 1.74 bits per heavy atom. The van der Waals surface area contributed by atoms with Gasteiger partial charge in [-0.3, -0.25) is 0 Å². The van der Waals surface area contributed by atoms with Crippen molar-refractivity contribution in [1.29, 1.82) is 0 Å². The van der Waals surface area contributed by atoms with E-state index in [0.29, 0.717) is 0 Å². The van der Waals surface area contributed by atoms with Crippen molar-refractivity contribution in [2.45, 2.75) is 26.3 Å². The van der Waals surface area contributed by atoms with E-state index in [2.05, 4.69) is 24.9 Å². The average molecular weight is 327 g/mol. The Labute approximate surface area is 136 Å². The predicted octanol–water partition coefficient (Wildman–Crippen LogP) is 2.09. The molecule has 7 heteroatoms. The number of nitrogens with zero attached hydrogens (tertiary/aromatic N) is 1. The molecular weight excluding hydrogens is 302 g/mol. The molecule has 1 aromatic carbocycles. The summed E-state index contributed by atoms with van der Waals surface area (Å²) >= 11 is 0. The van der Waals surface area contributed by atoms with Gasteiger partial charge in [-0.15, -0.1) is 0 Å². The van der Waals surface area contributed by atoms with E-state index in [1.165, 1.54) is 18.4 Å². The summed E-state index contributed by atoms with van der Waals surface area (Å²) in [7, 11) is 5.49. The highest BCUT2D eigenvalue weighted by atomic mass is 16.5. The summed E-state index contributed by atoms with van der Waals surface area (Å²) in [5.41, 5.74) is 1.17. The van der Waals surface area contributed by atoms with E-state index in [0.717, 1.165) is 24.6 Å². The maximum atomic E-state index is 9.10. The van der Waals surface area contributed by atoms with Crippen LogP contribution < -0.4 is 9.47 Å². The van der Waals surface area contributed by atoms with Gasteiger partial charge in [-0.25, -0.2) is 9.59 Å². The molecule has 0 aliphatic rings. The molecular formula is C16H25NO6. The molecule has 0 unspecified atom stereocenters. The van der Waals surface area contributed by atoms with Crippen molar-refractivity contribution in [3.05, 3.63) is 23.8 Å². The summed E-state index contributed by atoms with van der Waals surface area (Å²) in [5, 5.41) is 14.8. The van der Waals surface area contributed by atoms with Crippen LogP contribution in [0.5, 0.6) is 11.5 Å². The lowest BCUT2D eigenvalue weighted by atomic mass is 10.1. The third kappa shape index (κ3) is 8.06. The van der Waals surface area contributed by atoms with Gasteiger partial charge in [0.25, 0.3) is 0 Å². The third-order valence-corrected chi connectivity index (χ3v) is 3.00. The summed E-state index contributed by atoms with van der Waals surface area (Å²) in [5.74, 6) is -2.00. The van der Waals surface area contributed by atoms with E-state index in [9.17, 15) is 0 Å². The molecule has 130 valence electrons. The van der Waals surface area contributed by atoms with Gasteiger partial charge >= 0.3 is 11.9 Å². The lowest BCUT2D eigenvalue weighted by Gasteiger charge is -2.19. The van der Waals surface area contributed by atoms with Crippen LogP contribution in [0, 0.1) is 0 Å². The Hall–Kier alpha value is -2.28. The summed E-state index contributed by atoms with van der Waals surface area (Å²) in [6, 6.07) is 6.02. The number of benzene rings is 1. The zero-order chi connectivity index (χ0) is 17.8. The number of aliphatic carboxylic acids is 2. The fourth-order valence-corrected chi connectivity index (χ4v) is 1.88. The fraction of sp³-hybridized carbons (Fsp3) is 0.500. The first-order valence-corrected chi connectivity index (χ1v) is 7.21. The van der Waals surface area contributed by atoms with Crippen LogP contribution in [0.2, 0.25) is 0 Å². The molecule has 0 aliphatic carbocycles. The van der Waals surface area contributed by atoms with Crippen LogP contribution in [0.4, 0.5) is 0 Å². The molecule has 7 nitrogen and oxygen atoms in total. The van der Waals surface area contributed by atoms with Crippen molar-refractivity contribution in [1.82, 2.24) is 4.90 Å². The van der Waals surface area contributed by atoms with Crippen LogP contribution in [-0.4, -0.2) is 54.9 Å². The molecule has 1 aromatic rings. The summed E-state index contributed by atoms with van der Waals surface area (Å²) < 4.78 is 10.7. The van der Waals surface area contributed by atoms with E-state index >= 15 is 0 Å². The average Bonchev–Trinajstić information content (AvgIpc) is 2.53. The number of carboxylic acids is 2. The monoisotopic (exact) mass is 327 g/mol. The van der Waals surface area contributed by atoms with Crippen molar-refractivity contribution in [2.24, 2.45) is 0 Å². The standard InChI is InChI=1S/C14H23NO2.C2H2O4/c1-5-6-10-15(2)11-12-8-7-9-13(16-3)14(12)17-4;3-1(4)2(5)6/h7-9H,5-6,10-11H2,1-4H3;(H,3,4)(H,5,6). The normalized spacial score (nSPS) is 9.78. The lowest BCUT2D eigenvalue weighted by Crippen LogP contribution is -2.19. The molecule has 0 saturated heterocycles. The van der Waals surface area contributed by atoms with Crippen molar-refractivity contribution in [2.75, 3.05) is 27.8 Å². The van der Waals surface area contributed by atoms with E-state index in [1.54, 1.807) is 14.2 Å². The van der Waals surface area contributed by atoms with Crippen molar-refractivity contribution in [3.63, 3.8) is 0 Å². The Kier molecular flexibility index (Phi) is 10.2. The maximum Gasteiger partial charge on any atom is 0.414 e. The van der Waals surface area contributed by atoms with Gasteiger partial charge in [0.15, 0.2) is 11.5 Å². The highest BCUT2D eigenvalue weighted by molar-refractivity contribution is 6.27. The van der Waals surface area contributed by atoms with E-state index in [1.807, 2.05) is 12.1 Å². The fourth-order valence-electron chi connectivity index (χ4n) is 1.88. The molecule has 0 bridgehead atoms. The summed E-state index contributed by atoms with van der Waals surface area (Å²) in [4.78, 5) is 20.5. The van der Waals surface area contributed by atoms with Gasteiger partial charge in [0.1, 0.15) is 0 Å². The predicted molar refractivity (Wildman–Crippen MR) is 86.1 cm³/mol. The molecule has 0 saturated carbocycles. The number of hydrogen-bond acceptors (Lipinski definition) is 5. The lowest BCUT2D eigenvalue weighted by molar-refractivity contribution is -0.159. The molecule has 1 rings (SSSR count). The van der Waals surface area contributed by atoms with Gasteiger partial charge in [-0.05, 0) is 26.1 Å². The highest BCUT2D eigenvalue weighted by Gasteiger charge is 2.10. The summed E-state index contributed by atoms with van der Waals surface area (Å²) in [6.07, 6.45) is 2.45. The van der Waals surface area contributed by atoms with Crippen LogP contribution in [0.3, 0.4) is 0 Å². The molecule has 23 heavy (non-hydrogen) atoms. The van der Waals surface area contributed by atoms with Gasteiger partial charge in [0.05, 0.1) is 14.2 Å². The van der Waals surface area contributed by atoms with E-state index in [-0.39, 0.29) is 0 Å². The molecule has 0 aliphatic heterocycles. The molecule has 0 radical (unpaired) electrons. The Bertz CT molecular complexity index is 491. The van der Waals surface area contributed by atoms with Crippen LogP contribution >= 0.6 is 0 Å². The maximum absolute atomic E-state index is 9.10. The topological polar surface area (TPSA) is 96.3 Å². The second kappa shape index (κ2) is 11.3. The molecule has 0 amide bonds. The van der Waals surface area contributed by atoms with Crippen LogP contribution in [0.25, 0.3) is 0 Å². The molecule has 2 N–H and O–H groups in total. The SMILES string of the molecule is CCCCN(C)Cc1cccc(OC)c1OC.O=C(O)C(=O)O. The Balaban J connectivity index is 0.000000688. The van der Waals surface area contributed by atoms with Gasteiger partial charge in [-0.2, -0.15) is 0 Å². The third-order valence-electron chi connectivity index (χ3n) is 3.00. The molecule has 0 heterocycles. The minimum Gasteiger partial charge on any atom is -0.493 e.